The minimum Gasteiger partial charge on any atom is -0.508 e. The van der Waals surface area contributed by atoms with E-state index in [4.69, 9.17) is 20.6 Å². The maximum absolute atomic E-state index is 11.7. The van der Waals surface area contributed by atoms with E-state index in [1.807, 2.05) is 0 Å². The first-order chi connectivity index (χ1) is 13.9. The minimum atomic E-state index is -0.196. The number of nitrogens with two attached hydrogens (primary N) is 1. The van der Waals surface area contributed by atoms with Crippen LogP contribution in [0.15, 0.2) is 48.5 Å². The van der Waals surface area contributed by atoms with Crippen LogP contribution in [0.5, 0.6) is 11.5 Å². The summed E-state index contributed by atoms with van der Waals surface area (Å²) < 4.78 is 10.4. The maximum Gasteiger partial charge on any atom is 0.257 e. The molecule has 0 aromatic heterocycles. The van der Waals surface area contributed by atoms with Crippen molar-refractivity contribution < 1.29 is 19.4 Å². The lowest BCUT2D eigenvalue weighted by Crippen LogP contribution is -2.30. The van der Waals surface area contributed by atoms with Gasteiger partial charge < -0.3 is 31.0 Å². The number of amides is 1. The molecule has 0 aliphatic carbocycles. The third-order valence-electron chi connectivity index (χ3n) is 4.21. The molecule has 2 aromatic carbocycles. The molecule has 0 heterocycles. The predicted molar refractivity (Wildman–Crippen MR) is 113 cm³/mol. The second-order valence-corrected chi connectivity index (χ2v) is 6.52. The van der Waals surface area contributed by atoms with Crippen LogP contribution in [0.25, 0.3) is 5.70 Å². The molecular formula is C22H27N3O4. The van der Waals surface area contributed by atoms with E-state index in [0.29, 0.717) is 30.2 Å². The average molecular weight is 397 g/mol. The van der Waals surface area contributed by atoms with E-state index in [-0.39, 0.29) is 24.0 Å². The Morgan fingerprint density at radius 3 is 2.55 bits per heavy atom. The number of aromatic hydroxyl groups is 1. The van der Waals surface area contributed by atoms with Crippen LogP contribution in [0.1, 0.15) is 23.1 Å². The van der Waals surface area contributed by atoms with Crippen molar-refractivity contribution in [1.82, 2.24) is 5.32 Å². The summed E-state index contributed by atoms with van der Waals surface area (Å²) in [6.45, 7) is 2.85. The molecule has 0 radical (unpaired) electrons. The molecule has 0 aliphatic heterocycles. The number of allylic oxidation sites excluding steroid dienone is 1. The Bertz CT molecular complexity index is 876. The topological polar surface area (TPSA) is 118 Å². The number of methoxy groups -OCH3 is 1. The lowest BCUT2D eigenvalue weighted by Gasteiger charge is -2.09. The second kappa shape index (κ2) is 10.9. The zero-order valence-electron chi connectivity index (χ0n) is 16.7. The van der Waals surface area contributed by atoms with Crippen molar-refractivity contribution in [3.05, 3.63) is 65.2 Å². The van der Waals surface area contributed by atoms with Crippen molar-refractivity contribution in [2.75, 3.05) is 26.9 Å². The molecule has 0 fully saturated rings. The molecule has 0 atom stereocenters. The van der Waals surface area contributed by atoms with Crippen LogP contribution < -0.4 is 15.8 Å². The fraction of sp³-hybridized carbons (Fsp3) is 0.273. The summed E-state index contributed by atoms with van der Waals surface area (Å²) in [4.78, 5) is 11.7. The highest BCUT2D eigenvalue weighted by atomic mass is 16.5. The Balaban J connectivity index is 1.91. The number of phenolic OH excluding ortho intramolecular Hbond substituents is 1. The third kappa shape index (κ3) is 6.97. The van der Waals surface area contributed by atoms with Gasteiger partial charge in [0.2, 0.25) is 0 Å². The fourth-order valence-electron chi connectivity index (χ4n) is 2.53. The van der Waals surface area contributed by atoms with Crippen molar-refractivity contribution in [3.63, 3.8) is 0 Å². The number of rotatable bonds is 10. The van der Waals surface area contributed by atoms with Gasteiger partial charge in [0, 0.05) is 26.0 Å². The first kappa shape index (κ1) is 22.0. The van der Waals surface area contributed by atoms with E-state index >= 15 is 0 Å². The lowest BCUT2D eigenvalue weighted by atomic mass is 10.0. The van der Waals surface area contributed by atoms with Crippen molar-refractivity contribution in [2.24, 2.45) is 5.73 Å². The van der Waals surface area contributed by atoms with Crippen molar-refractivity contribution in [1.29, 1.82) is 5.41 Å². The zero-order chi connectivity index (χ0) is 21.2. The summed E-state index contributed by atoms with van der Waals surface area (Å²) >= 11 is 0. The smallest absolute Gasteiger partial charge is 0.257 e. The van der Waals surface area contributed by atoms with Crippen LogP contribution in [-0.4, -0.2) is 43.6 Å². The first-order valence-electron chi connectivity index (χ1n) is 9.25. The van der Waals surface area contributed by atoms with Crippen LogP contribution in [0, 0.1) is 12.3 Å². The Labute approximate surface area is 170 Å². The fourth-order valence-corrected chi connectivity index (χ4v) is 2.53. The van der Waals surface area contributed by atoms with E-state index in [9.17, 15) is 9.90 Å². The monoisotopic (exact) mass is 397 g/mol. The summed E-state index contributed by atoms with van der Waals surface area (Å²) in [6, 6.07) is 11.9. The molecular weight excluding hydrogens is 370 g/mol. The number of ether oxygens (including phenoxy) is 2. The molecule has 5 N–H and O–H groups in total. The van der Waals surface area contributed by atoms with Gasteiger partial charge in [-0.1, -0.05) is 0 Å². The Morgan fingerprint density at radius 1 is 1.21 bits per heavy atom. The highest BCUT2D eigenvalue weighted by molar-refractivity contribution is 6.10. The number of carbonyl (C=O) groups is 1. The van der Waals surface area contributed by atoms with Gasteiger partial charge in [-0.15, -0.1) is 0 Å². The van der Waals surface area contributed by atoms with Gasteiger partial charge in [0.25, 0.3) is 5.91 Å². The average Bonchev–Trinajstić information content (AvgIpc) is 2.72. The highest BCUT2D eigenvalue weighted by Gasteiger charge is 2.06. The normalized spacial score (nSPS) is 11.2. The Morgan fingerprint density at radius 2 is 1.90 bits per heavy atom. The standard InChI is InChI=1S/C22H27N3O4/c1-15-12-17(6-9-21(15)26)20(24)13-19(23)16-4-7-18(8-5-16)29-14-22(27)25-10-3-11-28-2/h4-9,12-13,23,26H,3,10-11,14,24H2,1-2H3,(H,25,27)/b20-13-,23-19?. The van der Waals surface area contributed by atoms with Crippen LogP contribution in [-0.2, 0) is 9.53 Å². The van der Waals surface area contributed by atoms with Gasteiger partial charge >= 0.3 is 0 Å². The molecule has 0 aliphatic rings. The lowest BCUT2D eigenvalue weighted by molar-refractivity contribution is -0.123. The molecule has 29 heavy (non-hydrogen) atoms. The largest absolute Gasteiger partial charge is 0.508 e. The number of hydrogen-bond acceptors (Lipinski definition) is 6. The molecule has 154 valence electrons. The van der Waals surface area contributed by atoms with Crippen molar-refractivity contribution in [2.45, 2.75) is 13.3 Å². The van der Waals surface area contributed by atoms with Gasteiger partial charge in [-0.25, -0.2) is 0 Å². The van der Waals surface area contributed by atoms with E-state index in [2.05, 4.69) is 5.32 Å². The summed E-state index contributed by atoms with van der Waals surface area (Å²) in [5.74, 6) is 0.549. The number of hydrogen-bond donors (Lipinski definition) is 4. The first-order valence-corrected chi connectivity index (χ1v) is 9.25. The second-order valence-electron chi connectivity index (χ2n) is 6.52. The number of nitrogens with one attached hydrogen (secondary N) is 2. The Hall–Kier alpha value is -3.32. The molecule has 0 bridgehead atoms. The highest BCUT2D eigenvalue weighted by Crippen LogP contribution is 2.20. The number of aryl methyl sites for hydroxylation is 1. The van der Waals surface area contributed by atoms with Gasteiger partial charge in [-0.05, 0) is 78.6 Å². The SMILES string of the molecule is COCCCNC(=O)COc1ccc(C(=N)/C=C(\N)c2ccc(O)c(C)c2)cc1. The van der Waals surface area contributed by atoms with Crippen LogP contribution >= 0.6 is 0 Å². The molecule has 1 amide bonds. The van der Waals surface area contributed by atoms with Crippen LogP contribution in [0.2, 0.25) is 0 Å². The third-order valence-corrected chi connectivity index (χ3v) is 4.21. The quantitative estimate of drug-likeness (QED) is 0.363. The van der Waals surface area contributed by atoms with Gasteiger partial charge in [-0.2, -0.15) is 0 Å². The van der Waals surface area contributed by atoms with Crippen molar-refractivity contribution >= 4 is 17.3 Å². The van der Waals surface area contributed by atoms with E-state index in [1.165, 1.54) is 0 Å². The van der Waals surface area contributed by atoms with E-state index in [1.54, 1.807) is 62.6 Å². The minimum absolute atomic E-state index is 0.0726. The van der Waals surface area contributed by atoms with Gasteiger partial charge in [0.05, 0.1) is 5.71 Å². The van der Waals surface area contributed by atoms with Crippen LogP contribution in [0.4, 0.5) is 0 Å². The Kier molecular flexibility index (Phi) is 8.24. The molecule has 2 rings (SSSR count). The summed E-state index contributed by atoms with van der Waals surface area (Å²) in [5.41, 5.74) is 8.88. The molecule has 0 spiro atoms. The summed E-state index contributed by atoms with van der Waals surface area (Å²) in [6.07, 6.45) is 2.31. The summed E-state index contributed by atoms with van der Waals surface area (Å²) in [7, 11) is 1.62. The number of phenols is 1. The van der Waals surface area contributed by atoms with Crippen LogP contribution in [0.3, 0.4) is 0 Å². The number of benzene rings is 2. The van der Waals surface area contributed by atoms with Gasteiger partial charge in [0.15, 0.2) is 6.61 Å². The van der Waals surface area contributed by atoms with E-state index < -0.39 is 0 Å². The molecule has 7 heteroatoms. The molecule has 0 saturated carbocycles. The van der Waals surface area contributed by atoms with Gasteiger partial charge in [-0.3, -0.25) is 4.79 Å². The molecule has 2 aromatic rings. The molecule has 0 unspecified atom stereocenters. The van der Waals surface area contributed by atoms with Crippen molar-refractivity contribution in [3.8, 4) is 11.5 Å². The number of carbonyl (C=O) groups excluding carboxylic acids is 1. The maximum atomic E-state index is 11.7. The predicted octanol–water partition coefficient (Wildman–Crippen LogP) is 2.60. The van der Waals surface area contributed by atoms with Gasteiger partial charge in [0.1, 0.15) is 11.5 Å². The molecule has 7 nitrogen and oxygen atoms in total. The van der Waals surface area contributed by atoms with E-state index in [0.717, 1.165) is 17.5 Å². The summed E-state index contributed by atoms with van der Waals surface area (Å²) in [5, 5.41) is 20.6. The zero-order valence-corrected chi connectivity index (χ0v) is 16.7. The molecule has 0 saturated heterocycles.